The number of carbonyl (C=O) groups excluding carboxylic acids is 2. The molecule has 0 aliphatic heterocycles. The number of ether oxygens (including phenoxy) is 1. The van der Waals surface area contributed by atoms with Gasteiger partial charge in [-0.05, 0) is 67.8 Å². The lowest BCUT2D eigenvalue weighted by Crippen LogP contribution is -2.14. The van der Waals surface area contributed by atoms with Crippen molar-refractivity contribution >= 4 is 33.5 Å². The monoisotopic (exact) mass is 375 g/mol. The van der Waals surface area contributed by atoms with E-state index in [9.17, 15) is 9.59 Å². The van der Waals surface area contributed by atoms with E-state index in [1.807, 2.05) is 26.8 Å². The molecular formula is C18H18BrNO3. The number of anilines is 1. The van der Waals surface area contributed by atoms with E-state index < -0.39 is 5.97 Å². The number of esters is 1. The number of hydrogen-bond donors (Lipinski definition) is 1. The van der Waals surface area contributed by atoms with E-state index in [0.29, 0.717) is 16.8 Å². The molecule has 0 aliphatic carbocycles. The Hall–Kier alpha value is -2.14. The van der Waals surface area contributed by atoms with Crippen LogP contribution in [-0.2, 0) is 4.74 Å². The van der Waals surface area contributed by atoms with Crippen molar-refractivity contribution in [1.29, 1.82) is 0 Å². The molecule has 0 spiro atoms. The van der Waals surface area contributed by atoms with Crippen LogP contribution >= 0.6 is 15.9 Å². The molecule has 0 heterocycles. The smallest absolute Gasteiger partial charge is 0.337 e. The predicted octanol–water partition coefficient (Wildman–Crippen LogP) is 4.41. The standard InChI is InChI=1S/C18H18BrNO3/c1-10-11(2)15(9-16(19)12(10)3)17(21)20-14-7-5-13(6-8-14)18(22)23-4/h5-9H,1-4H3,(H,20,21). The van der Waals surface area contributed by atoms with Crippen molar-refractivity contribution in [2.24, 2.45) is 0 Å². The van der Waals surface area contributed by atoms with Gasteiger partial charge < -0.3 is 10.1 Å². The number of methoxy groups -OCH3 is 1. The highest BCUT2D eigenvalue weighted by atomic mass is 79.9. The second kappa shape index (κ2) is 6.96. The minimum absolute atomic E-state index is 0.183. The molecule has 2 aromatic carbocycles. The molecule has 4 nitrogen and oxygen atoms in total. The van der Waals surface area contributed by atoms with Gasteiger partial charge in [0, 0.05) is 15.7 Å². The number of nitrogens with one attached hydrogen (secondary N) is 1. The third kappa shape index (κ3) is 3.62. The molecule has 0 atom stereocenters. The Morgan fingerprint density at radius 3 is 2.17 bits per heavy atom. The molecule has 0 saturated heterocycles. The van der Waals surface area contributed by atoms with Crippen molar-refractivity contribution in [3.05, 3.63) is 62.6 Å². The van der Waals surface area contributed by atoms with Gasteiger partial charge in [-0.1, -0.05) is 15.9 Å². The topological polar surface area (TPSA) is 55.4 Å². The van der Waals surface area contributed by atoms with Crippen LogP contribution in [0.4, 0.5) is 5.69 Å². The van der Waals surface area contributed by atoms with Crippen molar-refractivity contribution in [2.75, 3.05) is 12.4 Å². The largest absolute Gasteiger partial charge is 0.465 e. The average molecular weight is 376 g/mol. The first-order valence-corrected chi connectivity index (χ1v) is 7.90. The van der Waals surface area contributed by atoms with Crippen LogP contribution in [0.5, 0.6) is 0 Å². The molecule has 23 heavy (non-hydrogen) atoms. The molecule has 0 aromatic heterocycles. The fourth-order valence-electron chi connectivity index (χ4n) is 2.25. The molecule has 2 rings (SSSR count). The molecule has 0 bridgehead atoms. The van der Waals surface area contributed by atoms with E-state index in [4.69, 9.17) is 0 Å². The molecule has 0 radical (unpaired) electrons. The van der Waals surface area contributed by atoms with Crippen LogP contribution in [0.3, 0.4) is 0 Å². The Kier molecular flexibility index (Phi) is 5.21. The van der Waals surface area contributed by atoms with Gasteiger partial charge in [0.2, 0.25) is 0 Å². The van der Waals surface area contributed by atoms with Gasteiger partial charge in [-0.2, -0.15) is 0 Å². The molecule has 120 valence electrons. The SMILES string of the molecule is COC(=O)c1ccc(NC(=O)c2cc(Br)c(C)c(C)c2C)cc1. The maximum absolute atomic E-state index is 12.5. The summed E-state index contributed by atoms with van der Waals surface area (Å²) in [5, 5.41) is 2.85. The highest BCUT2D eigenvalue weighted by Crippen LogP contribution is 2.26. The fraction of sp³-hybridized carbons (Fsp3) is 0.222. The molecule has 1 N–H and O–H groups in total. The zero-order valence-electron chi connectivity index (χ0n) is 13.5. The quantitative estimate of drug-likeness (QED) is 0.808. The lowest BCUT2D eigenvalue weighted by Gasteiger charge is -2.13. The number of carbonyl (C=O) groups is 2. The molecule has 1 amide bonds. The van der Waals surface area contributed by atoms with E-state index in [0.717, 1.165) is 21.2 Å². The van der Waals surface area contributed by atoms with Gasteiger partial charge in [0.15, 0.2) is 0 Å². The van der Waals surface area contributed by atoms with Gasteiger partial charge in [0.05, 0.1) is 12.7 Å². The van der Waals surface area contributed by atoms with Crippen LogP contribution in [0.25, 0.3) is 0 Å². The lowest BCUT2D eigenvalue weighted by molar-refractivity contribution is 0.0600. The maximum atomic E-state index is 12.5. The van der Waals surface area contributed by atoms with Crippen LogP contribution in [0.15, 0.2) is 34.8 Å². The zero-order valence-corrected chi connectivity index (χ0v) is 15.1. The zero-order chi connectivity index (χ0) is 17.1. The van der Waals surface area contributed by atoms with Crippen LogP contribution in [0, 0.1) is 20.8 Å². The summed E-state index contributed by atoms with van der Waals surface area (Å²) in [4.78, 5) is 23.9. The molecule has 2 aromatic rings. The minimum atomic E-state index is -0.406. The lowest BCUT2D eigenvalue weighted by atomic mass is 9.98. The highest BCUT2D eigenvalue weighted by Gasteiger charge is 2.15. The number of benzene rings is 2. The van der Waals surface area contributed by atoms with Crippen molar-refractivity contribution in [3.63, 3.8) is 0 Å². The Morgan fingerprint density at radius 2 is 1.61 bits per heavy atom. The average Bonchev–Trinajstić information content (AvgIpc) is 2.56. The molecule has 0 fully saturated rings. The highest BCUT2D eigenvalue weighted by molar-refractivity contribution is 9.10. The van der Waals surface area contributed by atoms with Gasteiger partial charge in [-0.3, -0.25) is 4.79 Å². The summed E-state index contributed by atoms with van der Waals surface area (Å²) in [6.07, 6.45) is 0. The summed E-state index contributed by atoms with van der Waals surface area (Å²) in [6.45, 7) is 5.95. The van der Waals surface area contributed by atoms with E-state index >= 15 is 0 Å². The first kappa shape index (κ1) is 17.2. The van der Waals surface area contributed by atoms with Gasteiger partial charge in [0.1, 0.15) is 0 Å². The van der Waals surface area contributed by atoms with Crippen molar-refractivity contribution in [2.45, 2.75) is 20.8 Å². The van der Waals surface area contributed by atoms with E-state index in [1.54, 1.807) is 24.3 Å². The third-order valence-electron chi connectivity index (χ3n) is 3.97. The summed E-state index contributed by atoms with van der Waals surface area (Å²) in [6, 6.07) is 8.41. The first-order valence-electron chi connectivity index (χ1n) is 7.11. The van der Waals surface area contributed by atoms with Crippen molar-refractivity contribution in [3.8, 4) is 0 Å². The Morgan fingerprint density at radius 1 is 1.00 bits per heavy atom. The number of hydrogen-bond acceptors (Lipinski definition) is 3. The van der Waals surface area contributed by atoms with Gasteiger partial charge >= 0.3 is 5.97 Å². The number of amides is 1. The molecular weight excluding hydrogens is 358 g/mol. The van der Waals surface area contributed by atoms with Crippen LogP contribution in [0.2, 0.25) is 0 Å². The summed E-state index contributed by atoms with van der Waals surface area (Å²) in [5.74, 6) is -0.589. The third-order valence-corrected chi connectivity index (χ3v) is 4.79. The molecule has 0 unspecified atom stereocenters. The van der Waals surface area contributed by atoms with Crippen LogP contribution in [0.1, 0.15) is 37.4 Å². The van der Waals surface area contributed by atoms with Crippen molar-refractivity contribution < 1.29 is 14.3 Å². The van der Waals surface area contributed by atoms with Gasteiger partial charge in [0.25, 0.3) is 5.91 Å². The van der Waals surface area contributed by atoms with Gasteiger partial charge in [-0.25, -0.2) is 4.79 Å². The van der Waals surface area contributed by atoms with Crippen LogP contribution < -0.4 is 5.32 Å². The second-order valence-corrected chi connectivity index (χ2v) is 6.16. The molecule has 5 heteroatoms. The van der Waals surface area contributed by atoms with Crippen molar-refractivity contribution in [1.82, 2.24) is 0 Å². The summed E-state index contributed by atoms with van der Waals surface area (Å²) < 4.78 is 5.56. The fourth-order valence-corrected chi connectivity index (χ4v) is 2.77. The van der Waals surface area contributed by atoms with Crippen LogP contribution in [-0.4, -0.2) is 19.0 Å². The normalized spacial score (nSPS) is 10.3. The first-order chi connectivity index (χ1) is 10.8. The Bertz CT molecular complexity index is 767. The second-order valence-electron chi connectivity index (χ2n) is 5.30. The Balaban J connectivity index is 2.24. The van der Waals surface area contributed by atoms with E-state index in [1.165, 1.54) is 7.11 Å². The maximum Gasteiger partial charge on any atom is 0.337 e. The molecule has 0 saturated carbocycles. The predicted molar refractivity (Wildman–Crippen MR) is 94.1 cm³/mol. The number of halogens is 1. The van der Waals surface area contributed by atoms with E-state index in [-0.39, 0.29) is 5.91 Å². The minimum Gasteiger partial charge on any atom is -0.465 e. The number of rotatable bonds is 3. The summed E-state index contributed by atoms with van der Waals surface area (Å²) in [5.41, 5.74) is 4.85. The molecule has 0 aliphatic rings. The summed E-state index contributed by atoms with van der Waals surface area (Å²) in [7, 11) is 1.33. The Labute approximate surface area is 144 Å². The summed E-state index contributed by atoms with van der Waals surface area (Å²) >= 11 is 3.49. The van der Waals surface area contributed by atoms with E-state index in [2.05, 4.69) is 26.0 Å². The van der Waals surface area contributed by atoms with Gasteiger partial charge in [-0.15, -0.1) is 0 Å².